The van der Waals surface area contributed by atoms with Crippen LogP contribution in [0.15, 0.2) is 48.5 Å². The minimum Gasteiger partial charge on any atom is -0.460 e. The number of fused-ring (bicyclic) bond motifs is 4. The molecule has 10 heteroatoms. The minimum atomic E-state index is -0.618. The highest BCUT2D eigenvalue weighted by Gasteiger charge is 2.37. The number of carbonyl (C=O) groups excluding carboxylic acids is 3. The van der Waals surface area contributed by atoms with Gasteiger partial charge in [0.05, 0.1) is 28.6 Å². The van der Waals surface area contributed by atoms with Gasteiger partial charge in [0, 0.05) is 11.9 Å². The summed E-state index contributed by atoms with van der Waals surface area (Å²) in [6.45, 7) is 5.43. The predicted octanol–water partition coefficient (Wildman–Crippen LogP) is 3.63. The highest BCUT2D eigenvalue weighted by atomic mass is 16.7. The van der Waals surface area contributed by atoms with Gasteiger partial charge in [-0.1, -0.05) is 30.3 Å². The molecule has 1 aliphatic rings. The first kappa shape index (κ1) is 23.4. The molecule has 3 heterocycles. The Hall–Kier alpha value is -4.31. The smallest absolute Gasteiger partial charge is 0.308 e. The lowest BCUT2D eigenvalue weighted by Crippen LogP contribution is -2.30. The number of imidazole rings is 1. The summed E-state index contributed by atoms with van der Waals surface area (Å²) in [5.41, 5.74) is 7.96. The zero-order valence-electron chi connectivity index (χ0n) is 20.1. The van der Waals surface area contributed by atoms with Gasteiger partial charge in [0.2, 0.25) is 0 Å². The molecule has 36 heavy (non-hydrogen) atoms. The van der Waals surface area contributed by atoms with Gasteiger partial charge in [-0.15, -0.1) is 5.06 Å². The lowest BCUT2D eigenvalue weighted by molar-refractivity contribution is -0.155. The molecule has 0 saturated carbocycles. The van der Waals surface area contributed by atoms with Gasteiger partial charge in [-0.25, -0.2) is 9.97 Å². The molecule has 5 rings (SSSR count). The number of nitrogen functional groups attached to an aromatic ring is 1. The van der Waals surface area contributed by atoms with Crippen LogP contribution in [0.1, 0.15) is 53.7 Å². The predicted molar refractivity (Wildman–Crippen MR) is 132 cm³/mol. The maximum atomic E-state index is 12.7. The zero-order valence-corrected chi connectivity index (χ0v) is 20.1. The van der Waals surface area contributed by atoms with E-state index in [2.05, 4.69) is 9.97 Å². The summed E-state index contributed by atoms with van der Waals surface area (Å²) >= 11 is 0. The Labute approximate surface area is 206 Å². The Morgan fingerprint density at radius 2 is 1.61 bits per heavy atom. The maximum absolute atomic E-state index is 12.7. The van der Waals surface area contributed by atoms with Crippen LogP contribution in [0.2, 0.25) is 0 Å². The molecule has 0 atom stereocenters. The quantitative estimate of drug-likeness (QED) is 0.322. The standard InChI is InChI=1S/C26H25N5O5/c1-26(2,3)36-20(32)12-13-30-19(14-35-31-24(33)15-8-4-5-9-16(15)25(31)34)29-21-22(30)17-10-6-7-11-18(17)28-23(21)27/h4-11H,12-14H2,1-3H3,(H2,27,28). The number of carbonyl (C=O) groups is 3. The van der Waals surface area contributed by atoms with Crippen LogP contribution in [0, 0.1) is 0 Å². The van der Waals surface area contributed by atoms with Crippen LogP contribution in [-0.4, -0.2) is 43.0 Å². The van der Waals surface area contributed by atoms with Gasteiger partial charge >= 0.3 is 5.97 Å². The van der Waals surface area contributed by atoms with E-state index in [1.807, 2.05) is 24.3 Å². The summed E-state index contributed by atoms with van der Waals surface area (Å²) < 4.78 is 7.27. The number of anilines is 1. The van der Waals surface area contributed by atoms with Crippen molar-refractivity contribution in [1.29, 1.82) is 0 Å². The van der Waals surface area contributed by atoms with Gasteiger partial charge in [-0.2, -0.15) is 0 Å². The number of ether oxygens (including phenoxy) is 1. The van der Waals surface area contributed by atoms with Crippen molar-refractivity contribution in [2.24, 2.45) is 0 Å². The van der Waals surface area contributed by atoms with Crippen LogP contribution in [0.3, 0.4) is 0 Å². The van der Waals surface area contributed by atoms with E-state index < -0.39 is 17.4 Å². The first-order valence-corrected chi connectivity index (χ1v) is 11.5. The number of aryl methyl sites for hydroxylation is 1. The van der Waals surface area contributed by atoms with E-state index in [1.54, 1.807) is 49.6 Å². The number of hydroxylamine groups is 2. The van der Waals surface area contributed by atoms with Crippen LogP contribution in [0.25, 0.3) is 21.9 Å². The first-order valence-electron chi connectivity index (χ1n) is 11.5. The summed E-state index contributed by atoms with van der Waals surface area (Å²) in [6, 6.07) is 14.0. The molecular formula is C26H25N5O5. The molecule has 0 spiro atoms. The Bertz CT molecular complexity index is 1500. The first-order chi connectivity index (χ1) is 17.1. The molecule has 1 aliphatic heterocycles. The van der Waals surface area contributed by atoms with Gasteiger partial charge in [0.25, 0.3) is 11.8 Å². The van der Waals surface area contributed by atoms with Crippen molar-refractivity contribution >= 4 is 45.5 Å². The summed E-state index contributed by atoms with van der Waals surface area (Å²) in [7, 11) is 0. The fraction of sp³-hybridized carbons (Fsp3) is 0.269. The van der Waals surface area contributed by atoms with E-state index in [-0.39, 0.29) is 42.5 Å². The Balaban J connectivity index is 1.51. The van der Waals surface area contributed by atoms with Crippen LogP contribution in [0.4, 0.5) is 5.82 Å². The largest absolute Gasteiger partial charge is 0.460 e. The van der Waals surface area contributed by atoms with Crippen molar-refractivity contribution < 1.29 is 24.0 Å². The van der Waals surface area contributed by atoms with Crippen molar-refractivity contribution in [1.82, 2.24) is 19.6 Å². The summed E-state index contributed by atoms with van der Waals surface area (Å²) in [5.74, 6) is -0.850. The molecule has 2 aromatic carbocycles. The summed E-state index contributed by atoms with van der Waals surface area (Å²) in [6.07, 6.45) is 0.0688. The number of esters is 1. The van der Waals surface area contributed by atoms with E-state index in [1.165, 1.54) is 0 Å². The third-order valence-corrected chi connectivity index (χ3v) is 5.73. The number of nitrogens with zero attached hydrogens (tertiary/aromatic N) is 4. The fourth-order valence-corrected chi connectivity index (χ4v) is 4.26. The molecular weight excluding hydrogens is 462 g/mol. The molecule has 184 valence electrons. The van der Waals surface area contributed by atoms with E-state index >= 15 is 0 Å². The van der Waals surface area contributed by atoms with Crippen molar-refractivity contribution in [3.63, 3.8) is 0 Å². The molecule has 0 saturated heterocycles. The molecule has 0 radical (unpaired) electrons. The number of amides is 2. The number of hydrogen-bond donors (Lipinski definition) is 1. The fourth-order valence-electron chi connectivity index (χ4n) is 4.26. The van der Waals surface area contributed by atoms with Crippen molar-refractivity contribution in [3.05, 3.63) is 65.5 Å². The van der Waals surface area contributed by atoms with Gasteiger partial charge in [-0.3, -0.25) is 19.2 Å². The molecule has 0 fully saturated rings. The Morgan fingerprint density at radius 1 is 0.972 bits per heavy atom. The van der Waals surface area contributed by atoms with Crippen LogP contribution in [0.5, 0.6) is 0 Å². The average molecular weight is 488 g/mol. The number of benzene rings is 2. The van der Waals surface area contributed by atoms with Gasteiger partial charge in [0.1, 0.15) is 23.5 Å². The average Bonchev–Trinajstić information content (AvgIpc) is 3.31. The van der Waals surface area contributed by atoms with E-state index in [0.717, 1.165) is 10.4 Å². The normalized spacial score (nSPS) is 13.6. The Morgan fingerprint density at radius 3 is 2.28 bits per heavy atom. The van der Waals surface area contributed by atoms with E-state index in [4.69, 9.17) is 15.3 Å². The summed E-state index contributed by atoms with van der Waals surface area (Å²) in [5, 5.41) is 1.53. The number of rotatable bonds is 6. The van der Waals surface area contributed by atoms with Gasteiger partial charge in [0.15, 0.2) is 5.82 Å². The monoisotopic (exact) mass is 487 g/mol. The molecule has 0 bridgehead atoms. The third-order valence-electron chi connectivity index (χ3n) is 5.73. The molecule has 4 aromatic rings. The van der Waals surface area contributed by atoms with E-state index in [9.17, 15) is 14.4 Å². The number of imide groups is 1. The summed E-state index contributed by atoms with van der Waals surface area (Å²) in [4.78, 5) is 52.7. The van der Waals surface area contributed by atoms with Crippen LogP contribution < -0.4 is 5.73 Å². The minimum absolute atomic E-state index is 0.0688. The topological polar surface area (TPSA) is 130 Å². The third kappa shape index (κ3) is 4.16. The van der Waals surface area contributed by atoms with Crippen LogP contribution >= 0.6 is 0 Å². The van der Waals surface area contributed by atoms with Crippen molar-refractivity contribution in [2.75, 3.05) is 5.73 Å². The van der Waals surface area contributed by atoms with Crippen LogP contribution in [-0.2, 0) is 27.5 Å². The molecule has 0 aliphatic carbocycles. The number of hydrogen-bond acceptors (Lipinski definition) is 8. The lowest BCUT2D eigenvalue weighted by Gasteiger charge is -2.20. The number of aromatic nitrogens is 3. The Kier molecular flexibility index (Phi) is 5.68. The SMILES string of the molecule is CC(C)(C)OC(=O)CCn1c(CON2C(=O)c3ccccc3C2=O)nc2c(N)nc3ccccc3c21. The lowest BCUT2D eigenvalue weighted by atomic mass is 10.1. The molecule has 2 aromatic heterocycles. The van der Waals surface area contributed by atoms with Crippen molar-refractivity contribution in [3.8, 4) is 0 Å². The second-order valence-corrected chi connectivity index (χ2v) is 9.45. The van der Waals surface area contributed by atoms with Crippen molar-refractivity contribution in [2.45, 2.75) is 45.9 Å². The molecule has 0 unspecified atom stereocenters. The van der Waals surface area contributed by atoms with Gasteiger partial charge in [-0.05, 0) is 39.0 Å². The molecule has 10 nitrogen and oxygen atoms in total. The second kappa shape index (κ2) is 8.72. The highest BCUT2D eigenvalue weighted by molar-refractivity contribution is 6.20. The van der Waals surface area contributed by atoms with E-state index in [0.29, 0.717) is 22.4 Å². The molecule has 2 N–H and O–H groups in total. The number of para-hydroxylation sites is 1. The number of pyridine rings is 1. The molecule has 2 amide bonds. The second-order valence-electron chi connectivity index (χ2n) is 9.45. The zero-order chi connectivity index (χ0) is 25.6. The maximum Gasteiger partial charge on any atom is 0.308 e. The highest BCUT2D eigenvalue weighted by Crippen LogP contribution is 2.30. The van der Waals surface area contributed by atoms with Gasteiger partial charge < -0.3 is 15.0 Å². The number of nitrogens with two attached hydrogens (primary N) is 1.